The molecule has 0 spiro atoms. The first-order valence-electron chi connectivity index (χ1n) is 7.55. The molecule has 0 fully saturated rings. The van der Waals surface area contributed by atoms with E-state index in [0.29, 0.717) is 6.04 Å². The van der Waals surface area contributed by atoms with Gasteiger partial charge in [0.05, 0.1) is 6.10 Å². The molecule has 0 bridgehead atoms. The van der Waals surface area contributed by atoms with Crippen molar-refractivity contribution >= 4 is 0 Å². The highest BCUT2D eigenvalue weighted by molar-refractivity contribution is 5.15. The number of unbranched alkanes of at least 4 members (excludes halogenated alkanes) is 2. The molecule has 1 aromatic carbocycles. The number of hydrogen-bond donors (Lipinski definition) is 1. The SMILES string of the molecule is CCCCC[C@@H](C)N(C)C[C@H](O)Cc1ccccc1. The molecular formula is C17H29NO. The monoisotopic (exact) mass is 263 g/mol. The predicted molar refractivity (Wildman–Crippen MR) is 82.4 cm³/mol. The summed E-state index contributed by atoms with van der Waals surface area (Å²) in [5.74, 6) is 0. The average molecular weight is 263 g/mol. The zero-order valence-corrected chi connectivity index (χ0v) is 12.7. The molecule has 1 aromatic rings. The van der Waals surface area contributed by atoms with Gasteiger partial charge in [0.25, 0.3) is 0 Å². The molecule has 0 saturated heterocycles. The lowest BCUT2D eigenvalue weighted by molar-refractivity contribution is 0.105. The van der Waals surface area contributed by atoms with Gasteiger partial charge in [-0.2, -0.15) is 0 Å². The number of hydrogen-bond acceptors (Lipinski definition) is 2. The molecule has 0 aliphatic rings. The van der Waals surface area contributed by atoms with E-state index in [-0.39, 0.29) is 6.10 Å². The molecule has 19 heavy (non-hydrogen) atoms. The Morgan fingerprint density at radius 3 is 2.47 bits per heavy atom. The van der Waals surface area contributed by atoms with Crippen LogP contribution < -0.4 is 0 Å². The van der Waals surface area contributed by atoms with Gasteiger partial charge in [0.1, 0.15) is 0 Å². The molecule has 0 saturated carbocycles. The lowest BCUT2D eigenvalue weighted by Crippen LogP contribution is -2.36. The van der Waals surface area contributed by atoms with Crippen LogP contribution in [0.3, 0.4) is 0 Å². The van der Waals surface area contributed by atoms with Crippen LogP contribution in [-0.2, 0) is 6.42 Å². The van der Waals surface area contributed by atoms with Gasteiger partial charge >= 0.3 is 0 Å². The van der Waals surface area contributed by atoms with E-state index in [4.69, 9.17) is 0 Å². The Morgan fingerprint density at radius 1 is 1.16 bits per heavy atom. The Bertz CT molecular complexity index is 325. The van der Waals surface area contributed by atoms with Gasteiger partial charge in [0.2, 0.25) is 0 Å². The number of benzene rings is 1. The molecule has 0 amide bonds. The van der Waals surface area contributed by atoms with Crippen molar-refractivity contribution in [1.29, 1.82) is 0 Å². The van der Waals surface area contributed by atoms with Crippen LogP contribution in [0, 0.1) is 0 Å². The van der Waals surface area contributed by atoms with Crippen molar-refractivity contribution in [1.82, 2.24) is 4.90 Å². The Labute approximate surface area is 118 Å². The number of aliphatic hydroxyl groups excluding tert-OH is 1. The van der Waals surface area contributed by atoms with Crippen molar-refractivity contribution in [3.63, 3.8) is 0 Å². The van der Waals surface area contributed by atoms with Crippen LogP contribution >= 0.6 is 0 Å². The van der Waals surface area contributed by atoms with Gasteiger partial charge < -0.3 is 10.0 Å². The van der Waals surface area contributed by atoms with Gasteiger partial charge in [-0.15, -0.1) is 0 Å². The highest BCUT2D eigenvalue weighted by Crippen LogP contribution is 2.10. The second-order valence-electron chi connectivity index (χ2n) is 5.63. The standard InChI is InChI=1S/C17H29NO/c1-4-5-7-10-15(2)18(3)14-17(19)13-16-11-8-6-9-12-16/h6,8-9,11-12,15,17,19H,4-5,7,10,13-14H2,1-3H3/t15-,17-/m1/s1. The lowest BCUT2D eigenvalue weighted by atomic mass is 10.1. The molecule has 1 rings (SSSR count). The van der Waals surface area contributed by atoms with E-state index in [0.717, 1.165) is 13.0 Å². The van der Waals surface area contributed by atoms with Crippen LogP contribution in [0.15, 0.2) is 30.3 Å². The minimum atomic E-state index is -0.277. The average Bonchev–Trinajstić information content (AvgIpc) is 2.39. The van der Waals surface area contributed by atoms with Gasteiger partial charge in [-0.05, 0) is 32.4 Å². The normalized spacial score (nSPS) is 14.6. The fourth-order valence-corrected chi connectivity index (χ4v) is 2.37. The van der Waals surface area contributed by atoms with E-state index in [1.807, 2.05) is 18.2 Å². The first-order chi connectivity index (χ1) is 9.13. The fourth-order valence-electron chi connectivity index (χ4n) is 2.37. The summed E-state index contributed by atoms with van der Waals surface area (Å²) in [5.41, 5.74) is 1.21. The summed E-state index contributed by atoms with van der Waals surface area (Å²) < 4.78 is 0. The van der Waals surface area contributed by atoms with Crippen molar-refractivity contribution < 1.29 is 5.11 Å². The van der Waals surface area contributed by atoms with Crippen LogP contribution in [-0.4, -0.2) is 35.7 Å². The fraction of sp³-hybridized carbons (Fsp3) is 0.647. The Hall–Kier alpha value is -0.860. The van der Waals surface area contributed by atoms with Gasteiger partial charge in [0.15, 0.2) is 0 Å². The second-order valence-corrected chi connectivity index (χ2v) is 5.63. The Balaban J connectivity index is 2.28. The first kappa shape index (κ1) is 16.2. The quantitative estimate of drug-likeness (QED) is 0.689. The second kappa shape index (κ2) is 9.11. The van der Waals surface area contributed by atoms with Crippen molar-refractivity contribution in [3.05, 3.63) is 35.9 Å². The summed E-state index contributed by atoms with van der Waals surface area (Å²) in [5, 5.41) is 10.2. The molecule has 0 unspecified atom stereocenters. The minimum absolute atomic E-state index is 0.277. The highest BCUT2D eigenvalue weighted by atomic mass is 16.3. The van der Waals surface area contributed by atoms with Gasteiger partial charge in [-0.25, -0.2) is 0 Å². The molecule has 0 aliphatic heterocycles. The molecule has 2 heteroatoms. The summed E-state index contributed by atoms with van der Waals surface area (Å²) in [7, 11) is 2.12. The molecule has 0 aliphatic carbocycles. The summed E-state index contributed by atoms with van der Waals surface area (Å²) in [6.07, 6.45) is 5.56. The van der Waals surface area contributed by atoms with Crippen molar-refractivity contribution in [3.8, 4) is 0 Å². The topological polar surface area (TPSA) is 23.5 Å². The Kier molecular flexibility index (Phi) is 7.76. The number of aliphatic hydroxyl groups is 1. The van der Waals surface area contributed by atoms with E-state index in [1.165, 1.54) is 31.2 Å². The lowest BCUT2D eigenvalue weighted by Gasteiger charge is -2.27. The van der Waals surface area contributed by atoms with E-state index < -0.39 is 0 Å². The van der Waals surface area contributed by atoms with E-state index in [2.05, 4.69) is 37.9 Å². The van der Waals surface area contributed by atoms with Gasteiger partial charge in [0, 0.05) is 12.6 Å². The third kappa shape index (κ3) is 6.74. The first-order valence-corrected chi connectivity index (χ1v) is 7.55. The van der Waals surface area contributed by atoms with Crippen molar-refractivity contribution in [2.45, 2.75) is 58.1 Å². The van der Waals surface area contributed by atoms with Crippen LogP contribution in [0.4, 0.5) is 0 Å². The van der Waals surface area contributed by atoms with E-state index >= 15 is 0 Å². The smallest absolute Gasteiger partial charge is 0.0707 e. The zero-order chi connectivity index (χ0) is 14.1. The van der Waals surface area contributed by atoms with E-state index in [1.54, 1.807) is 0 Å². The predicted octanol–water partition coefficient (Wildman–Crippen LogP) is 3.49. The molecule has 0 heterocycles. The molecule has 1 N–H and O–H groups in total. The third-order valence-corrected chi connectivity index (χ3v) is 3.79. The molecule has 2 atom stereocenters. The molecule has 0 aromatic heterocycles. The maximum atomic E-state index is 10.2. The highest BCUT2D eigenvalue weighted by Gasteiger charge is 2.13. The number of rotatable bonds is 9. The summed E-state index contributed by atoms with van der Waals surface area (Å²) in [6, 6.07) is 10.8. The van der Waals surface area contributed by atoms with E-state index in [9.17, 15) is 5.11 Å². The third-order valence-electron chi connectivity index (χ3n) is 3.79. The molecule has 108 valence electrons. The summed E-state index contributed by atoms with van der Waals surface area (Å²) >= 11 is 0. The Morgan fingerprint density at radius 2 is 1.84 bits per heavy atom. The van der Waals surface area contributed by atoms with Crippen LogP contribution in [0.5, 0.6) is 0 Å². The van der Waals surface area contributed by atoms with Crippen molar-refractivity contribution in [2.24, 2.45) is 0 Å². The maximum Gasteiger partial charge on any atom is 0.0707 e. The van der Waals surface area contributed by atoms with Crippen LogP contribution in [0.25, 0.3) is 0 Å². The maximum absolute atomic E-state index is 10.2. The summed E-state index contributed by atoms with van der Waals surface area (Å²) in [4.78, 5) is 2.28. The number of likely N-dealkylation sites (N-methyl/N-ethyl adjacent to an activating group) is 1. The van der Waals surface area contributed by atoms with Gasteiger partial charge in [-0.1, -0.05) is 56.5 Å². The molecule has 0 radical (unpaired) electrons. The van der Waals surface area contributed by atoms with Crippen LogP contribution in [0.2, 0.25) is 0 Å². The van der Waals surface area contributed by atoms with Gasteiger partial charge in [-0.3, -0.25) is 0 Å². The minimum Gasteiger partial charge on any atom is -0.391 e. The largest absolute Gasteiger partial charge is 0.391 e. The van der Waals surface area contributed by atoms with Crippen LogP contribution in [0.1, 0.15) is 45.1 Å². The summed E-state index contributed by atoms with van der Waals surface area (Å²) in [6.45, 7) is 5.24. The number of nitrogens with zero attached hydrogens (tertiary/aromatic N) is 1. The van der Waals surface area contributed by atoms with Crippen molar-refractivity contribution in [2.75, 3.05) is 13.6 Å². The molecule has 2 nitrogen and oxygen atoms in total. The molecular weight excluding hydrogens is 234 g/mol. The zero-order valence-electron chi connectivity index (χ0n) is 12.7.